The molecule has 2 rings (SSSR count). The molecule has 0 bridgehead atoms. The van der Waals surface area contributed by atoms with Gasteiger partial charge in [-0.3, -0.25) is 0 Å². The molecule has 0 unspecified atom stereocenters. The van der Waals surface area contributed by atoms with E-state index in [1.165, 1.54) is 0 Å². The van der Waals surface area contributed by atoms with E-state index in [-0.39, 0.29) is 13.2 Å². The number of esters is 1. The predicted octanol–water partition coefficient (Wildman–Crippen LogP) is 3.31. The summed E-state index contributed by atoms with van der Waals surface area (Å²) in [6.07, 6.45) is 0. The van der Waals surface area contributed by atoms with Crippen LogP contribution in [0, 0.1) is 0 Å². The van der Waals surface area contributed by atoms with Crippen LogP contribution in [-0.4, -0.2) is 32.4 Å². The fourth-order valence-electron chi connectivity index (χ4n) is 1.99. The zero-order chi connectivity index (χ0) is 15.6. The van der Waals surface area contributed by atoms with E-state index in [0.29, 0.717) is 19.0 Å². The average molecular weight is 300 g/mol. The van der Waals surface area contributed by atoms with Crippen LogP contribution in [-0.2, 0) is 14.3 Å². The number of benzene rings is 2. The van der Waals surface area contributed by atoms with E-state index in [9.17, 15) is 4.79 Å². The Morgan fingerprint density at radius 3 is 2.45 bits per heavy atom. The Hall–Kier alpha value is -2.33. The van der Waals surface area contributed by atoms with Crippen molar-refractivity contribution in [1.29, 1.82) is 0 Å². The molecule has 0 spiro atoms. The van der Waals surface area contributed by atoms with Crippen molar-refractivity contribution in [3.05, 3.63) is 54.6 Å². The zero-order valence-electron chi connectivity index (χ0n) is 12.7. The topological polar surface area (TPSA) is 44.8 Å². The third kappa shape index (κ3) is 4.90. The van der Waals surface area contributed by atoms with Crippen LogP contribution in [0.15, 0.2) is 54.6 Å². The maximum atomic E-state index is 11.6. The summed E-state index contributed by atoms with van der Waals surface area (Å²) in [4.78, 5) is 11.6. The molecule has 0 heterocycles. The van der Waals surface area contributed by atoms with Crippen LogP contribution in [0.25, 0.3) is 11.1 Å². The number of ether oxygens (including phenoxy) is 3. The van der Waals surface area contributed by atoms with E-state index >= 15 is 0 Å². The fourth-order valence-corrected chi connectivity index (χ4v) is 1.99. The molecular formula is C18H20O4. The molecule has 0 saturated heterocycles. The van der Waals surface area contributed by atoms with Gasteiger partial charge in [-0.25, -0.2) is 4.79 Å². The Bertz CT molecular complexity index is 581. The van der Waals surface area contributed by atoms with Gasteiger partial charge in [-0.05, 0) is 18.6 Å². The number of rotatable bonds is 8. The highest BCUT2D eigenvalue weighted by Crippen LogP contribution is 2.29. The molecule has 0 aliphatic carbocycles. The maximum absolute atomic E-state index is 11.6. The van der Waals surface area contributed by atoms with Gasteiger partial charge < -0.3 is 14.2 Å². The molecule has 4 nitrogen and oxygen atoms in total. The first-order valence-corrected chi connectivity index (χ1v) is 7.32. The van der Waals surface area contributed by atoms with Gasteiger partial charge in [0.15, 0.2) is 6.61 Å². The van der Waals surface area contributed by atoms with Gasteiger partial charge in [0.05, 0.1) is 6.61 Å². The van der Waals surface area contributed by atoms with Crippen molar-refractivity contribution in [1.82, 2.24) is 0 Å². The minimum atomic E-state index is -0.400. The first kappa shape index (κ1) is 16.0. The van der Waals surface area contributed by atoms with E-state index < -0.39 is 5.97 Å². The molecule has 4 heteroatoms. The van der Waals surface area contributed by atoms with Crippen LogP contribution in [0.1, 0.15) is 6.92 Å². The molecule has 2 aromatic carbocycles. The lowest BCUT2D eigenvalue weighted by Crippen LogP contribution is -2.17. The van der Waals surface area contributed by atoms with Crippen LogP contribution in [0.2, 0.25) is 0 Å². The quantitative estimate of drug-likeness (QED) is 0.554. The number of carbonyl (C=O) groups is 1. The minimum Gasteiger partial charge on any atom is -0.481 e. The van der Waals surface area contributed by atoms with Gasteiger partial charge in [-0.1, -0.05) is 48.5 Å². The molecule has 22 heavy (non-hydrogen) atoms. The molecule has 0 aromatic heterocycles. The molecule has 0 fully saturated rings. The van der Waals surface area contributed by atoms with Crippen molar-refractivity contribution in [3.63, 3.8) is 0 Å². The molecule has 0 saturated carbocycles. The Morgan fingerprint density at radius 1 is 0.955 bits per heavy atom. The van der Waals surface area contributed by atoms with E-state index in [2.05, 4.69) is 0 Å². The first-order chi connectivity index (χ1) is 10.8. The largest absolute Gasteiger partial charge is 0.481 e. The fraction of sp³-hybridized carbons (Fsp3) is 0.278. The molecular weight excluding hydrogens is 280 g/mol. The second-order valence-corrected chi connectivity index (χ2v) is 4.57. The van der Waals surface area contributed by atoms with Crippen LogP contribution in [0.4, 0.5) is 0 Å². The highest BCUT2D eigenvalue weighted by molar-refractivity contribution is 5.73. The summed E-state index contributed by atoms with van der Waals surface area (Å²) in [6, 6.07) is 17.5. The van der Waals surface area contributed by atoms with Crippen LogP contribution >= 0.6 is 0 Å². The Balaban J connectivity index is 1.92. The Kier molecular flexibility index (Phi) is 6.45. The lowest BCUT2D eigenvalue weighted by molar-refractivity contribution is -0.147. The van der Waals surface area contributed by atoms with Crippen molar-refractivity contribution in [3.8, 4) is 16.9 Å². The number of carbonyl (C=O) groups excluding carboxylic acids is 1. The third-order valence-electron chi connectivity index (χ3n) is 3.01. The van der Waals surface area contributed by atoms with Gasteiger partial charge in [0.2, 0.25) is 0 Å². The van der Waals surface area contributed by atoms with E-state index in [1.807, 2.05) is 61.5 Å². The highest BCUT2D eigenvalue weighted by atomic mass is 16.6. The molecule has 2 aromatic rings. The lowest BCUT2D eigenvalue weighted by Gasteiger charge is -2.11. The summed E-state index contributed by atoms with van der Waals surface area (Å²) in [7, 11) is 0. The molecule has 0 radical (unpaired) electrons. The van der Waals surface area contributed by atoms with Gasteiger partial charge in [0.1, 0.15) is 12.4 Å². The first-order valence-electron chi connectivity index (χ1n) is 7.32. The molecule has 0 atom stereocenters. The smallest absolute Gasteiger partial charge is 0.344 e. The van der Waals surface area contributed by atoms with Gasteiger partial charge in [-0.2, -0.15) is 0 Å². The van der Waals surface area contributed by atoms with E-state index in [0.717, 1.165) is 11.1 Å². The van der Waals surface area contributed by atoms with Gasteiger partial charge in [-0.15, -0.1) is 0 Å². The number of hydrogen-bond acceptors (Lipinski definition) is 4. The molecule has 0 N–H and O–H groups in total. The standard InChI is InChI=1S/C18H20O4/c1-2-20-12-13-21-18(19)14-22-17-11-7-6-10-16(17)15-8-4-3-5-9-15/h3-11H,2,12-14H2,1H3. The minimum absolute atomic E-state index is 0.115. The molecule has 0 aliphatic heterocycles. The predicted molar refractivity (Wildman–Crippen MR) is 84.8 cm³/mol. The highest BCUT2D eigenvalue weighted by Gasteiger charge is 2.08. The van der Waals surface area contributed by atoms with Gasteiger partial charge in [0.25, 0.3) is 0 Å². The third-order valence-corrected chi connectivity index (χ3v) is 3.01. The van der Waals surface area contributed by atoms with Crippen LogP contribution < -0.4 is 4.74 Å². The molecule has 0 aliphatic rings. The SMILES string of the molecule is CCOCCOC(=O)COc1ccccc1-c1ccccc1. The van der Waals surface area contributed by atoms with Gasteiger partial charge in [0, 0.05) is 12.2 Å². The summed E-state index contributed by atoms with van der Waals surface area (Å²) in [5, 5.41) is 0. The Labute approximate surface area is 130 Å². The van der Waals surface area contributed by atoms with Crippen molar-refractivity contribution >= 4 is 5.97 Å². The van der Waals surface area contributed by atoms with Crippen molar-refractivity contribution in [2.45, 2.75) is 6.92 Å². The van der Waals surface area contributed by atoms with Crippen LogP contribution in [0.5, 0.6) is 5.75 Å². The molecule has 0 amide bonds. The van der Waals surface area contributed by atoms with Crippen molar-refractivity contribution in [2.24, 2.45) is 0 Å². The summed E-state index contributed by atoms with van der Waals surface area (Å²) < 4.78 is 15.7. The van der Waals surface area contributed by atoms with Gasteiger partial charge >= 0.3 is 5.97 Å². The number of hydrogen-bond donors (Lipinski definition) is 0. The summed E-state index contributed by atoms with van der Waals surface area (Å²) in [5.41, 5.74) is 1.99. The van der Waals surface area contributed by atoms with Crippen molar-refractivity contribution in [2.75, 3.05) is 26.4 Å². The number of para-hydroxylation sites is 1. The summed E-state index contributed by atoms with van der Waals surface area (Å²) in [6.45, 7) is 3.04. The van der Waals surface area contributed by atoms with Crippen molar-refractivity contribution < 1.29 is 19.0 Å². The zero-order valence-corrected chi connectivity index (χ0v) is 12.7. The average Bonchev–Trinajstić information content (AvgIpc) is 2.58. The second-order valence-electron chi connectivity index (χ2n) is 4.57. The maximum Gasteiger partial charge on any atom is 0.344 e. The second kappa shape index (κ2) is 8.85. The summed E-state index contributed by atoms with van der Waals surface area (Å²) in [5.74, 6) is 0.262. The van der Waals surface area contributed by atoms with Crippen LogP contribution in [0.3, 0.4) is 0 Å². The van der Waals surface area contributed by atoms with E-state index in [4.69, 9.17) is 14.2 Å². The van der Waals surface area contributed by atoms with E-state index in [1.54, 1.807) is 0 Å². The normalized spacial score (nSPS) is 10.2. The molecule has 116 valence electrons. The monoisotopic (exact) mass is 300 g/mol. The Morgan fingerprint density at radius 2 is 1.68 bits per heavy atom. The lowest BCUT2D eigenvalue weighted by atomic mass is 10.1. The summed E-state index contributed by atoms with van der Waals surface area (Å²) >= 11 is 0.